The molecule has 0 saturated heterocycles. The lowest BCUT2D eigenvalue weighted by Gasteiger charge is -2.20. The number of nitrogens with zero attached hydrogens (tertiary/aromatic N) is 3. The van der Waals surface area contributed by atoms with Crippen molar-refractivity contribution in [2.75, 3.05) is 11.9 Å². The predicted octanol–water partition coefficient (Wildman–Crippen LogP) is 0.745. The molecule has 1 aromatic heterocycles. The van der Waals surface area contributed by atoms with Crippen LogP contribution >= 0.6 is 0 Å². The molecule has 0 saturated carbocycles. The summed E-state index contributed by atoms with van der Waals surface area (Å²) in [4.78, 5) is 10.2. The number of nitrogens with two attached hydrogens (primary N) is 1. The molecular weight excluding hydrogens is 190 g/mol. The molecule has 3 N–H and O–H groups in total. The summed E-state index contributed by atoms with van der Waals surface area (Å²) in [5.74, 6) is 6.04. The van der Waals surface area contributed by atoms with Gasteiger partial charge >= 0.3 is 0 Å². The molecule has 0 amide bonds. The maximum absolute atomic E-state index is 5.42. The first-order valence-electron chi connectivity index (χ1n) is 4.83. The van der Waals surface area contributed by atoms with Gasteiger partial charge in [0.2, 0.25) is 5.96 Å². The van der Waals surface area contributed by atoms with E-state index in [9.17, 15) is 0 Å². The lowest BCUT2D eigenvalue weighted by atomic mass is 10.4. The van der Waals surface area contributed by atoms with Crippen LogP contribution < -0.4 is 16.2 Å². The number of rotatable bonds is 2. The van der Waals surface area contributed by atoms with Crippen LogP contribution in [0.15, 0.2) is 29.5 Å². The van der Waals surface area contributed by atoms with E-state index in [0.717, 1.165) is 5.69 Å². The van der Waals surface area contributed by atoms with Gasteiger partial charge in [0, 0.05) is 19.3 Å². The lowest BCUT2D eigenvalue weighted by Crippen LogP contribution is -2.43. The van der Waals surface area contributed by atoms with E-state index in [-0.39, 0.29) is 6.04 Å². The van der Waals surface area contributed by atoms with Gasteiger partial charge in [-0.1, -0.05) is 0 Å². The minimum Gasteiger partial charge on any atom is -0.313 e. The van der Waals surface area contributed by atoms with E-state index >= 15 is 0 Å². The van der Waals surface area contributed by atoms with Gasteiger partial charge in [-0.3, -0.25) is 10.4 Å². The van der Waals surface area contributed by atoms with E-state index in [1.165, 1.54) is 0 Å². The van der Waals surface area contributed by atoms with Crippen molar-refractivity contribution in [3.05, 3.63) is 24.5 Å². The molecule has 5 nitrogen and oxygen atoms in total. The normalized spacial score (nSPS) is 11.7. The molecule has 15 heavy (non-hydrogen) atoms. The van der Waals surface area contributed by atoms with Crippen LogP contribution in [0.25, 0.3) is 0 Å². The van der Waals surface area contributed by atoms with E-state index < -0.39 is 0 Å². The van der Waals surface area contributed by atoms with E-state index in [2.05, 4.69) is 15.4 Å². The quantitative estimate of drug-likeness (QED) is 0.325. The summed E-state index contributed by atoms with van der Waals surface area (Å²) in [6, 6.07) is 4.00. The Morgan fingerprint density at radius 1 is 1.60 bits per heavy atom. The molecule has 0 aromatic carbocycles. The molecule has 0 fully saturated rings. The number of hydrazine groups is 1. The van der Waals surface area contributed by atoms with Crippen molar-refractivity contribution in [2.24, 2.45) is 10.8 Å². The number of pyridine rings is 1. The number of hydrogen-bond acceptors (Lipinski definition) is 3. The molecule has 1 heterocycles. The fraction of sp³-hybridized carbons (Fsp3) is 0.400. The standard InChI is InChI=1S/C10H17N5/c1-8(2)13-10(14-11)15(3)9-5-4-6-12-7-9/h4-8H,11H2,1-3H3,(H,13,14). The van der Waals surface area contributed by atoms with Crippen molar-refractivity contribution in [3.8, 4) is 0 Å². The average molecular weight is 207 g/mol. The monoisotopic (exact) mass is 207 g/mol. The zero-order valence-corrected chi connectivity index (χ0v) is 9.31. The first-order valence-corrected chi connectivity index (χ1v) is 4.83. The van der Waals surface area contributed by atoms with Gasteiger partial charge in [0.05, 0.1) is 11.9 Å². The van der Waals surface area contributed by atoms with Gasteiger partial charge in [-0.15, -0.1) is 0 Å². The molecule has 0 aliphatic heterocycles. The highest BCUT2D eigenvalue weighted by Crippen LogP contribution is 2.09. The van der Waals surface area contributed by atoms with Gasteiger partial charge in [-0.05, 0) is 26.0 Å². The Balaban J connectivity index is 2.87. The molecule has 82 valence electrons. The van der Waals surface area contributed by atoms with Crippen LogP contribution in [-0.2, 0) is 0 Å². The number of guanidine groups is 1. The summed E-state index contributed by atoms with van der Waals surface area (Å²) < 4.78 is 0. The molecule has 0 spiro atoms. The summed E-state index contributed by atoms with van der Waals surface area (Å²) in [5, 5.41) is 0. The van der Waals surface area contributed by atoms with Crippen LogP contribution in [0.1, 0.15) is 13.8 Å². The molecule has 0 atom stereocenters. The fourth-order valence-electron chi connectivity index (χ4n) is 1.14. The molecule has 0 bridgehead atoms. The highest BCUT2D eigenvalue weighted by molar-refractivity contribution is 5.95. The van der Waals surface area contributed by atoms with Crippen molar-refractivity contribution in [1.29, 1.82) is 0 Å². The van der Waals surface area contributed by atoms with E-state index in [1.54, 1.807) is 12.4 Å². The Labute approximate surface area is 90.0 Å². The van der Waals surface area contributed by atoms with Crippen molar-refractivity contribution in [3.63, 3.8) is 0 Å². The first-order chi connectivity index (χ1) is 7.15. The van der Waals surface area contributed by atoms with E-state index in [0.29, 0.717) is 5.96 Å². The maximum Gasteiger partial charge on any atom is 0.213 e. The third kappa shape index (κ3) is 3.21. The molecule has 0 aliphatic carbocycles. The smallest absolute Gasteiger partial charge is 0.213 e. The van der Waals surface area contributed by atoms with Crippen molar-refractivity contribution < 1.29 is 0 Å². The molecule has 0 unspecified atom stereocenters. The molecule has 0 radical (unpaired) electrons. The van der Waals surface area contributed by atoms with Crippen LogP contribution in [0.2, 0.25) is 0 Å². The zero-order valence-electron chi connectivity index (χ0n) is 9.31. The maximum atomic E-state index is 5.42. The second-order valence-electron chi connectivity index (χ2n) is 3.46. The first kappa shape index (κ1) is 11.5. The van der Waals surface area contributed by atoms with E-state index in [4.69, 9.17) is 5.84 Å². The van der Waals surface area contributed by atoms with Gasteiger partial charge in [0.1, 0.15) is 0 Å². The van der Waals surface area contributed by atoms with E-state index in [1.807, 2.05) is 37.9 Å². The summed E-state index contributed by atoms with van der Waals surface area (Å²) in [6.07, 6.45) is 3.49. The summed E-state index contributed by atoms with van der Waals surface area (Å²) in [5.41, 5.74) is 3.52. The van der Waals surface area contributed by atoms with Gasteiger partial charge in [0.25, 0.3) is 0 Å². The van der Waals surface area contributed by atoms with Gasteiger partial charge in [-0.2, -0.15) is 0 Å². The van der Waals surface area contributed by atoms with Crippen LogP contribution in [0, 0.1) is 0 Å². The Morgan fingerprint density at radius 2 is 2.33 bits per heavy atom. The third-order valence-corrected chi connectivity index (χ3v) is 1.86. The Kier molecular flexibility index (Phi) is 4.05. The summed E-state index contributed by atoms with van der Waals surface area (Å²) in [6.45, 7) is 3.99. The SMILES string of the molecule is CC(C)N=C(NN)N(C)c1cccnc1. The largest absolute Gasteiger partial charge is 0.313 e. The third-order valence-electron chi connectivity index (χ3n) is 1.86. The minimum absolute atomic E-state index is 0.190. The number of aliphatic imine (C=N–C) groups is 1. The Bertz CT molecular complexity index is 320. The predicted molar refractivity (Wildman–Crippen MR) is 62.5 cm³/mol. The minimum atomic E-state index is 0.190. The lowest BCUT2D eigenvalue weighted by molar-refractivity contribution is 0.809. The van der Waals surface area contributed by atoms with Gasteiger partial charge in [-0.25, -0.2) is 10.8 Å². The number of aromatic nitrogens is 1. The number of hydrogen-bond donors (Lipinski definition) is 2. The molecule has 1 aromatic rings. The number of nitrogens with one attached hydrogen (secondary N) is 1. The Hall–Kier alpha value is -1.62. The topological polar surface area (TPSA) is 66.5 Å². The van der Waals surface area contributed by atoms with Crippen LogP contribution in [0.3, 0.4) is 0 Å². The zero-order chi connectivity index (χ0) is 11.3. The second kappa shape index (κ2) is 5.31. The summed E-state index contributed by atoms with van der Waals surface area (Å²) in [7, 11) is 1.89. The molecule has 5 heteroatoms. The molecular formula is C10H17N5. The van der Waals surface area contributed by atoms with Gasteiger partial charge in [0.15, 0.2) is 0 Å². The fourth-order valence-corrected chi connectivity index (χ4v) is 1.14. The van der Waals surface area contributed by atoms with Crippen LogP contribution in [0.4, 0.5) is 5.69 Å². The summed E-state index contributed by atoms with van der Waals surface area (Å²) >= 11 is 0. The highest BCUT2D eigenvalue weighted by Gasteiger charge is 2.07. The molecule has 0 aliphatic rings. The van der Waals surface area contributed by atoms with Crippen LogP contribution in [-0.4, -0.2) is 24.0 Å². The van der Waals surface area contributed by atoms with Crippen molar-refractivity contribution >= 4 is 11.6 Å². The number of anilines is 1. The van der Waals surface area contributed by atoms with Crippen molar-refractivity contribution in [1.82, 2.24) is 10.4 Å². The Morgan fingerprint density at radius 3 is 2.80 bits per heavy atom. The van der Waals surface area contributed by atoms with Gasteiger partial charge < -0.3 is 4.90 Å². The highest BCUT2D eigenvalue weighted by atomic mass is 15.4. The average Bonchev–Trinajstić information content (AvgIpc) is 2.26. The molecule has 1 rings (SSSR count). The van der Waals surface area contributed by atoms with Crippen molar-refractivity contribution in [2.45, 2.75) is 19.9 Å². The van der Waals surface area contributed by atoms with Crippen LogP contribution in [0.5, 0.6) is 0 Å². The second-order valence-corrected chi connectivity index (χ2v) is 3.46.